The van der Waals surface area contributed by atoms with Crippen molar-refractivity contribution in [3.05, 3.63) is 48.2 Å². The van der Waals surface area contributed by atoms with Crippen LogP contribution in [0.4, 0.5) is 17.2 Å². The van der Waals surface area contributed by atoms with Gasteiger partial charge in [0.25, 0.3) is 5.91 Å². The van der Waals surface area contributed by atoms with Gasteiger partial charge in [-0.05, 0) is 61.6 Å². The second-order valence-electron chi connectivity index (χ2n) is 7.44. The number of amides is 2. The summed E-state index contributed by atoms with van der Waals surface area (Å²) in [6.45, 7) is 4.20. The van der Waals surface area contributed by atoms with Gasteiger partial charge < -0.3 is 15.5 Å². The topological polar surface area (TPSA) is 74.3 Å². The molecule has 0 bridgehead atoms. The van der Waals surface area contributed by atoms with Crippen molar-refractivity contribution in [3.63, 3.8) is 0 Å². The van der Waals surface area contributed by atoms with E-state index in [0.717, 1.165) is 25.2 Å². The van der Waals surface area contributed by atoms with Gasteiger partial charge in [-0.3, -0.25) is 9.59 Å². The lowest BCUT2D eigenvalue weighted by atomic mass is 10.2. The smallest absolute Gasteiger partial charge is 0.256 e. The third-order valence-corrected chi connectivity index (χ3v) is 5.32. The summed E-state index contributed by atoms with van der Waals surface area (Å²) < 4.78 is 0. The molecular formula is C21H24N4O2. The van der Waals surface area contributed by atoms with Gasteiger partial charge in [0.15, 0.2) is 0 Å². The monoisotopic (exact) mass is 364 g/mol. The van der Waals surface area contributed by atoms with E-state index in [0.29, 0.717) is 23.0 Å². The summed E-state index contributed by atoms with van der Waals surface area (Å²) in [7, 11) is 0. The number of aromatic nitrogens is 1. The van der Waals surface area contributed by atoms with Crippen LogP contribution in [-0.2, 0) is 4.79 Å². The molecule has 2 fully saturated rings. The number of rotatable bonds is 5. The minimum atomic E-state index is -0.217. The van der Waals surface area contributed by atoms with Gasteiger partial charge in [-0.2, -0.15) is 0 Å². The summed E-state index contributed by atoms with van der Waals surface area (Å²) in [5, 5.41) is 5.71. The predicted octanol–water partition coefficient (Wildman–Crippen LogP) is 3.53. The van der Waals surface area contributed by atoms with Crippen LogP contribution in [0.1, 0.15) is 36.5 Å². The van der Waals surface area contributed by atoms with E-state index >= 15 is 0 Å². The molecule has 2 N–H and O–H groups in total. The van der Waals surface area contributed by atoms with Gasteiger partial charge in [0.05, 0.1) is 11.9 Å². The third-order valence-electron chi connectivity index (χ3n) is 5.32. The lowest BCUT2D eigenvalue weighted by Crippen LogP contribution is -2.18. The number of benzene rings is 1. The number of carbonyl (C=O) groups is 2. The Kier molecular flexibility index (Phi) is 4.79. The Bertz CT molecular complexity index is 826. The van der Waals surface area contributed by atoms with E-state index in [9.17, 15) is 9.59 Å². The normalized spacial score (nSPS) is 21.0. The molecule has 2 heterocycles. The molecule has 0 unspecified atom stereocenters. The van der Waals surface area contributed by atoms with E-state index < -0.39 is 0 Å². The summed E-state index contributed by atoms with van der Waals surface area (Å²) in [5.74, 6) is 0.970. The zero-order chi connectivity index (χ0) is 18.8. The number of nitrogens with zero attached hydrogens (tertiary/aromatic N) is 2. The van der Waals surface area contributed by atoms with Crippen molar-refractivity contribution in [1.82, 2.24) is 4.98 Å². The number of nitrogens with one attached hydrogen (secondary N) is 2. The number of carbonyl (C=O) groups excluding carboxylic acids is 2. The van der Waals surface area contributed by atoms with E-state index in [4.69, 9.17) is 0 Å². The molecule has 2 amide bonds. The Hall–Kier alpha value is -2.89. The van der Waals surface area contributed by atoms with Crippen molar-refractivity contribution in [3.8, 4) is 0 Å². The fraction of sp³-hybridized carbons (Fsp3) is 0.381. The van der Waals surface area contributed by atoms with Crippen LogP contribution >= 0.6 is 0 Å². The fourth-order valence-electron chi connectivity index (χ4n) is 3.44. The molecule has 1 aliphatic carbocycles. The lowest BCUT2D eigenvalue weighted by Gasteiger charge is -2.17. The first kappa shape index (κ1) is 17.5. The van der Waals surface area contributed by atoms with E-state index in [-0.39, 0.29) is 17.7 Å². The minimum Gasteiger partial charge on any atom is -0.370 e. The third kappa shape index (κ3) is 4.10. The predicted molar refractivity (Wildman–Crippen MR) is 106 cm³/mol. The maximum absolute atomic E-state index is 12.4. The average molecular weight is 364 g/mol. The van der Waals surface area contributed by atoms with Crippen molar-refractivity contribution >= 4 is 29.0 Å². The lowest BCUT2D eigenvalue weighted by molar-refractivity contribution is -0.117. The van der Waals surface area contributed by atoms with Crippen LogP contribution in [0.5, 0.6) is 0 Å². The molecule has 27 heavy (non-hydrogen) atoms. The van der Waals surface area contributed by atoms with Crippen LogP contribution in [0.2, 0.25) is 0 Å². The summed E-state index contributed by atoms with van der Waals surface area (Å²) >= 11 is 0. The molecule has 2 aliphatic rings. The number of pyridine rings is 1. The van der Waals surface area contributed by atoms with Gasteiger partial charge in [-0.1, -0.05) is 6.92 Å². The van der Waals surface area contributed by atoms with Crippen molar-refractivity contribution in [2.75, 3.05) is 28.6 Å². The highest BCUT2D eigenvalue weighted by Gasteiger charge is 2.39. The number of hydrogen-bond acceptors (Lipinski definition) is 4. The largest absolute Gasteiger partial charge is 0.370 e. The molecule has 4 rings (SSSR count). The summed E-state index contributed by atoms with van der Waals surface area (Å²) in [4.78, 5) is 31.0. The summed E-state index contributed by atoms with van der Waals surface area (Å²) in [6, 6.07) is 10.7. The molecule has 1 saturated heterocycles. The molecule has 2 aromatic rings. The van der Waals surface area contributed by atoms with Gasteiger partial charge >= 0.3 is 0 Å². The summed E-state index contributed by atoms with van der Waals surface area (Å²) in [5.41, 5.74) is 2.33. The van der Waals surface area contributed by atoms with Crippen LogP contribution in [0.15, 0.2) is 42.6 Å². The van der Waals surface area contributed by atoms with Crippen LogP contribution in [-0.4, -0.2) is 29.9 Å². The number of hydrogen-bond donors (Lipinski definition) is 2. The molecule has 1 aromatic carbocycles. The highest BCUT2D eigenvalue weighted by molar-refractivity contribution is 6.04. The molecule has 1 aliphatic heterocycles. The Morgan fingerprint density at radius 2 is 1.74 bits per heavy atom. The van der Waals surface area contributed by atoms with E-state index in [1.807, 2.05) is 12.1 Å². The Balaban J connectivity index is 1.34. The quantitative estimate of drug-likeness (QED) is 0.851. The Labute approximate surface area is 159 Å². The minimum absolute atomic E-state index is 0.0574. The molecule has 140 valence electrons. The van der Waals surface area contributed by atoms with Gasteiger partial charge in [0.1, 0.15) is 5.82 Å². The second kappa shape index (κ2) is 7.39. The van der Waals surface area contributed by atoms with Crippen molar-refractivity contribution in [2.24, 2.45) is 11.8 Å². The van der Waals surface area contributed by atoms with E-state index in [1.54, 1.807) is 30.5 Å². The van der Waals surface area contributed by atoms with Crippen LogP contribution in [0, 0.1) is 11.8 Å². The van der Waals surface area contributed by atoms with E-state index in [2.05, 4.69) is 27.4 Å². The zero-order valence-electron chi connectivity index (χ0n) is 15.4. The van der Waals surface area contributed by atoms with E-state index in [1.165, 1.54) is 12.8 Å². The first-order valence-electron chi connectivity index (χ1n) is 9.53. The molecule has 1 saturated carbocycles. The number of anilines is 3. The maximum atomic E-state index is 12.4. The second-order valence-corrected chi connectivity index (χ2v) is 7.44. The van der Waals surface area contributed by atoms with Gasteiger partial charge in [0.2, 0.25) is 5.91 Å². The van der Waals surface area contributed by atoms with Crippen molar-refractivity contribution in [2.45, 2.75) is 26.2 Å². The highest BCUT2D eigenvalue weighted by atomic mass is 16.2. The van der Waals surface area contributed by atoms with Crippen LogP contribution in [0.25, 0.3) is 0 Å². The Morgan fingerprint density at radius 1 is 1.04 bits per heavy atom. The fourth-order valence-corrected chi connectivity index (χ4v) is 3.44. The molecule has 6 heteroatoms. The van der Waals surface area contributed by atoms with Gasteiger partial charge in [-0.15, -0.1) is 0 Å². The standard InChI is InChI=1S/C21H24N4O2/c1-14-12-18(14)21(27)23-16-6-4-15(5-7-16)20(26)24-19-9-8-17(13-22-19)25-10-2-3-11-25/h4-9,13-14,18H,2-3,10-12H2,1H3,(H,23,27)(H,22,24,26)/t14-,18+/m0/s1. The molecular weight excluding hydrogens is 340 g/mol. The van der Waals surface area contributed by atoms with Gasteiger partial charge in [0, 0.05) is 30.3 Å². The zero-order valence-corrected chi connectivity index (χ0v) is 15.4. The van der Waals surface area contributed by atoms with Gasteiger partial charge in [-0.25, -0.2) is 4.98 Å². The van der Waals surface area contributed by atoms with Crippen LogP contribution < -0.4 is 15.5 Å². The SMILES string of the molecule is C[C@H]1C[C@H]1C(=O)Nc1ccc(C(=O)Nc2ccc(N3CCCC3)cn2)cc1. The van der Waals surface area contributed by atoms with Crippen LogP contribution in [0.3, 0.4) is 0 Å². The molecule has 1 aromatic heterocycles. The molecule has 2 atom stereocenters. The van der Waals surface area contributed by atoms with Crippen molar-refractivity contribution < 1.29 is 9.59 Å². The maximum Gasteiger partial charge on any atom is 0.256 e. The molecule has 0 spiro atoms. The first-order chi connectivity index (χ1) is 13.1. The first-order valence-corrected chi connectivity index (χ1v) is 9.53. The Morgan fingerprint density at radius 3 is 2.33 bits per heavy atom. The average Bonchev–Trinajstić information content (AvgIpc) is 3.18. The summed E-state index contributed by atoms with van der Waals surface area (Å²) in [6.07, 6.45) is 5.19. The van der Waals surface area contributed by atoms with Crippen molar-refractivity contribution in [1.29, 1.82) is 0 Å². The molecule has 6 nitrogen and oxygen atoms in total. The molecule has 0 radical (unpaired) electrons. The highest BCUT2D eigenvalue weighted by Crippen LogP contribution is 2.38.